The molecule has 0 spiro atoms. The molecule has 0 atom stereocenters. The normalized spacial score (nSPS) is 11.1. The third-order valence-electron chi connectivity index (χ3n) is 2.46. The minimum absolute atomic E-state index is 0.713. The molecule has 0 saturated carbocycles. The first-order chi connectivity index (χ1) is 8.08. The second kappa shape index (κ2) is 7.70. The molecule has 17 heavy (non-hydrogen) atoms. The highest BCUT2D eigenvalue weighted by molar-refractivity contribution is 6.30. The molecule has 0 amide bonds. The summed E-state index contributed by atoms with van der Waals surface area (Å²) in [6.07, 6.45) is 0. The highest BCUT2D eigenvalue weighted by atomic mass is 35.5. The summed E-state index contributed by atoms with van der Waals surface area (Å²) in [6.45, 7) is 10.5. The molecule has 1 aromatic carbocycles. The quantitative estimate of drug-likeness (QED) is 0.731. The largest absolute Gasteiger partial charge is 0.315 e. The minimum Gasteiger partial charge on any atom is -0.315 e. The summed E-state index contributed by atoms with van der Waals surface area (Å²) in [5, 5.41) is 7.63. The first-order valence-corrected chi connectivity index (χ1v) is 6.63. The van der Waals surface area contributed by atoms with Gasteiger partial charge in [0, 0.05) is 24.7 Å². The Morgan fingerprint density at radius 2 is 1.82 bits per heavy atom. The molecule has 0 aliphatic carbocycles. The number of hydrogen-bond acceptors (Lipinski definition) is 2. The first kappa shape index (κ1) is 14.5. The van der Waals surface area contributed by atoms with Crippen molar-refractivity contribution in [2.24, 2.45) is 5.92 Å². The van der Waals surface area contributed by atoms with Gasteiger partial charge in [-0.25, -0.2) is 0 Å². The number of aryl methyl sites for hydroxylation is 1. The Bertz CT molecular complexity index is 317. The van der Waals surface area contributed by atoms with E-state index in [4.69, 9.17) is 11.6 Å². The lowest BCUT2D eigenvalue weighted by Gasteiger charge is -2.09. The van der Waals surface area contributed by atoms with E-state index < -0.39 is 0 Å². The maximum Gasteiger partial charge on any atom is 0.0411 e. The maximum absolute atomic E-state index is 6.01. The summed E-state index contributed by atoms with van der Waals surface area (Å²) in [4.78, 5) is 0. The molecule has 0 saturated heterocycles. The fraction of sp³-hybridized carbons (Fsp3) is 0.571. The Morgan fingerprint density at radius 1 is 1.12 bits per heavy atom. The summed E-state index contributed by atoms with van der Waals surface area (Å²) < 4.78 is 0. The van der Waals surface area contributed by atoms with Gasteiger partial charge in [0.25, 0.3) is 0 Å². The number of rotatable bonds is 7. The van der Waals surface area contributed by atoms with E-state index in [2.05, 4.69) is 37.5 Å². The van der Waals surface area contributed by atoms with E-state index in [1.54, 1.807) is 0 Å². The summed E-state index contributed by atoms with van der Waals surface area (Å²) in [5.74, 6) is 0.713. The van der Waals surface area contributed by atoms with E-state index >= 15 is 0 Å². The lowest BCUT2D eigenvalue weighted by atomic mass is 10.1. The second-order valence-electron chi connectivity index (χ2n) is 4.91. The number of halogens is 1. The van der Waals surface area contributed by atoms with Crippen LogP contribution in [0.2, 0.25) is 5.02 Å². The van der Waals surface area contributed by atoms with E-state index in [0.717, 1.165) is 31.2 Å². The molecule has 1 aromatic rings. The van der Waals surface area contributed by atoms with Gasteiger partial charge in [-0.15, -0.1) is 0 Å². The van der Waals surface area contributed by atoms with E-state index in [1.165, 1.54) is 11.1 Å². The Balaban J connectivity index is 2.18. The van der Waals surface area contributed by atoms with E-state index in [0.29, 0.717) is 5.92 Å². The monoisotopic (exact) mass is 254 g/mol. The molecule has 0 bridgehead atoms. The summed E-state index contributed by atoms with van der Waals surface area (Å²) in [7, 11) is 0. The van der Waals surface area contributed by atoms with Gasteiger partial charge in [0.2, 0.25) is 0 Å². The van der Waals surface area contributed by atoms with Crippen LogP contribution in [0.1, 0.15) is 25.0 Å². The van der Waals surface area contributed by atoms with Gasteiger partial charge in [0.1, 0.15) is 0 Å². The summed E-state index contributed by atoms with van der Waals surface area (Å²) in [6, 6.07) is 6.17. The Hall–Kier alpha value is -0.570. The molecule has 0 unspecified atom stereocenters. The van der Waals surface area contributed by atoms with Crippen molar-refractivity contribution < 1.29 is 0 Å². The van der Waals surface area contributed by atoms with Crippen LogP contribution in [0.25, 0.3) is 0 Å². The van der Waals surface area contributed by atoms with Crippen molar-refractivity contribution in [1.82, 2.24) is 10.6 Å². The van der Waals surface area contributed by atoms with Gasteiger partial charge in [-0.05, 0) is 42.6 Å². The fourth-order valence-electron chi connectivity index (χ4n) is 1.71. The van der Waals surface area contributed by atoms with Gasteiger partial charge >= 0.3 is 0 Å². The van der Waals surface area contributed by atoms with Gasteiger partial charge in [-0.2, -0.15) is 0 Å². The van der Waals surface area contributed by atoms with Crippen molar-refractivity contribution in [3.8, 4) is 0 Å². The average Bonchev–Trinajstić information content (AvgIpc) is 2.21. The van der Waals surface area contributed by atoms with Crippen molar-refractivity contribution in [3.05, 3.63) is 34.3 Å². The fourth-order valence-corrected chi connectivity index (χ4v) is 2.03. The average molecular weight is 255 g/mol. The molecule has 2 nitrogen and oxygen atoms in total. The smallest absolute Gasteiger partial charge is 0.0411 e. The SMILES string of the molecule is Cc1cc(Cl)cc(CNCCNCC(C)C)c1. The summed E-state index contributed by atoms with van der Waals surface area (Å²) in [5.41, 5.74) is 2.46. The third-order valence-corrected chi connectivity index (χ3v) is 2.68. The third kappa shape index (κ3) is 6.67. The van der Waals surface area contributed by atoms with Crippen LogP contribution in [-0.2, 0) is 6.54 Å². The maximum atomic E-state index is 6.01. The van der Waals surface area contributed by atoms with Crippen LogP contribution in [0.3, 0.4) is 0 Å². The van der Waals surface area contributed by atoms with Crippen molar-refractivity contribution in [2.75, 3.05) is 19.6 Å². The molecule has 0 radical (unpaired) electrons. The van der Waals surface area contributed by atoms with Crippen molar-refractivity contribution in [1.29, 1.82) is 0 Å². The molecule has 96 valence electrons. The lowest BCUT2D eigenvalue weighted by molar-refractivity contribution is 0.535. The van der Waals surface area contributed by atoms with Gasteiger partial charge < -0.3 is 10.6 Å². The van der Waals surface area contributed by atoms with Crippen molar-refractivity contribution in [2.45, 2.75) is 27.3 Å². The minimum atomic E-state index is 0.713. The van der Waals surface area contributed by atoms with Crippen LogP contribution in [0, 0.1) is 12.8 Å². The Labute approximate surface area is 110 Å². The zero-order chi connectivity index (χ0) is 12.7. The van der Waals surface area contributed by atoms with Crippen molar-refractivity contribution >= 4 is 11.6 Å². The lowest BCUT2D eigenvalue weighted by Crippen LogP contribution is -2.29. The highest BCUT2D eigenvalue weighted by Crippen LogP contribution is 2.14. The first-order valence-electron chi connectivity index (χ1n) is 6.25. The molecule has 3 heteroatoms. The van der Waals surface area contributed by atoms with Gasteiger partial charge in [0.15, 0.2) is 0 Å². The zero-order valence-corrected chi connectivity index (χ0v) is 11.8. The molecule has 0 heterocycles. The second-order valence-corrected chi connectivity index (χ2v) is 5.35. The van der Waals surface area contributed by atoms with E-state index in [-0.39, 0.29) is 0 Å². The zero-order valence-electron chi connectivity index (χ0n) is 11.0. The number of benzene rings is 1. The van der Waals surface area contributed by atoms with Gasteiger partial charge in [-0.1, -0.05) is 31.5 Å². The predicted molar refractivity (Wildman–Crippen MR) is 75.6 cm³/mol. The summed E-state index contributed by atoms with van der Waals surface area (Å²) >= 11 is 6.01. The molecular formula is C14H23ClN2. The molecule has 1 rings (SSSR count). The van der Waals surface area contributed by atoms with Crippen LogP contribution >= 0.6 is 11.6 Å². The van der Waals surface area contributed by atoms with E-state index in [9.17, 15) is 0 Å². The van der Waals surface area contributed by atoms with Gasteiger partial charge in [-0.3, -0.25) is 0 Å². The molecule has 2 N–H and O–H groups in total. The Kier molecular flexibility index (Phi) is 6.56. The van der Waals surface area contributed by atoms with E-state index in [1.807, 2.05) is 12.1 Å². The predicted octanol–water partition coefficient (Wildman–Crippen LogP) is 2.98. The molecule has 0 aromatic heterocycles. The van der Waals surface area contributed by atoms with Gasteiger partial charge in [0.05, 0.1) is 0 Å². The standard InChI is InChI=1S/C14H23ClN2/c1-11(2)9-16-4-5-17-10-13-6-12(3)7-14(15)8-13/h6-8,11,16-17H,4-5,9-10H2,1-3H3. The van der Waals surface area contributed by atoms with Crippen LogP contribution in [0.4, 0.5) is 0 Å². The van der Waals surface area contributed by atoms with Crippen LogP contribution in [0.5, 0.6) is 0 Å². The molecule has 0 aliphatic heterocycles. The number of nitrogens with one attached hydrogen (secondary N) is 2. The Morgan fingerprint density at radius 3 is 2.47 bits per heavy atom. The topological polar surface area (TPSA) is 24.1 Å². The molecule has 0 aliphatic rings. The molecule has 0 fully saturated rings. The molecular weight excluding hydrogens is 232 g/mol. The van der Waals surface area contributed by atoms with Crippen molar-refractivity contribution in [3.63, 3.8) is 0 Å². The highest BCUT2D eigenvalue weighted by Gasteiger charge is 1.97. The van der Waals surface area contributed by atoms with Crippen LogP contribution in [-0.4, -0.2) is 19.6 Å². The number of hydrogen-bond donors (Lipinski definition) is 2. The van der Waals surface area contributed by atoms with Crippen LogP contribution < -0.4 is 10.6 Å². The van der Waals surface area contributed by atoms with Crippen LogP contribution in [0.15, 0.2) is 18.2 Å².